The van der Waals surface area contributed by atoms with E-state index < -0.39 is 35.0 Å². The van der Waals surface area contributed by atoms with Gasteiger partial charge in [-0.15, -0.1) is 0 Å². The molecule has 2 rings (SSSR count). The molecule has 1 N–H and O–H groups in total. The molecule has 150 valence electrons. The molecule has 0 fully saturated rings. The molecule has 0 aromatic heterocycles. The minimum Gasteiger partial charge on any atom is -0.497 e. The van der Waals surface area contributed by atoms with Crippen LogP contribution in [-0.2, 0) is 9.59 Å². The lowest BCUT2D eigenvalue weighted by Gasteiger charge is -2.22. The van der Waals surface area contributed by atoms with Gasteiger partial charge in [-0.1, -0.05) is 0 Å². The molecule has 0 aliphatic carbocycles. The van der Waals surface area contributed by atoms with Crippen molar-refractivity contribution in [3.63, 3.8) is 0 Å². The van der Waals surface area contributed by atoms with Gasteiger partial charge < -0.3 is 19.7 Å². The van der Waals surface area contributed by atoms with Gasteiger partial charge in [-0.25, -0.2) is 13.2 Å². The lowest BCUT2D eigenvalue weighted by Crippen LogP contribution is -2.33. The average molecular weight is 396 g/mol. The van der Waals surface area contributed by atoms with Crippen molar-refractivity contribution in [3.8, 4) is 11.5 Å². The fraction of sp³-hybridized carbons (Fsp3) is 0.263. The van der Waals surface area contributed by atoms with Gasteiger partial charge in [0.25, 0.3) is 0 Å². The second-order valence-corrected chi connectivity index (χ2v) is 5.73. The summed E-state index contributed by atoms with van der Waals surface area (Å²) in [4.78, 5) is 24.9. The molecule has 0 spiro atoms. The molecule has 0 saturated carbocycles. The highest BCUT2D eigenvalue weighted by Crippen LogP contribution is 2.29. The van der Waals surface area contributed by atoms with Crippen LogP contribution in [0.2, 0.25) is 0 Å². The minimum absolute atomic E-state index is 0.215. The maximum atomic E-state index is 14.0. The molecule has 0 unspecified atom stereocenters. The molecule has 6 nitrogen and oxygen atoms in total. The van der Waals surface area contributed by atoms with Gasteiger partial charge in [-0.2, -0.15) is 0 Å². The van der Waals surface area contributed by atoms with E-state index in [0.29, 0.717) is 23.3 Å². The van der Waals surface area contributed by atoms with E-state index in [9.17, 15) is 22.8 Å². The standard InChI is InChI=1S/C19H19F3N2O4/c1-11(25)24(15-7-5-13(20)18(21)19(15)22)9-8-17(26)23-14-6-4-12(27-2)10-16(14)28-3/h4-7,10H,8-9H2,1-3H3,(H,23,26). The zero-order valence-electron chi connectivity index (χ0n) is 15.5. The number of nitrogens with one attached hydrogen (secondary N) is 1. The molecular weight excluding hydrogens is 377 g/mol. The van der Waals surface area contributed by atoms with Gasteiger partial charge in [0.1, 0.15) is 11.5 Å². The first-order valence-electron chi connectivity index (χ1n) is 8.22. The Balaban J connectivity index is 2.12. The Kier molecular flexibility index (Phi) is 6.86. The Morgan fingerprint density at radius 3 is 2.36 bits per heavy atom. The highest BCUT2D eigenvalue weighted by Gasteiger charge is 2.22. The molecule has 9 heteroatoms. The zero-order valence-corrected chi connectivity index (χ0v) is 15.5. The Hall–Kier alpha value is -3.23. The second kappa shape index (κ2) is 9.12. The summed E-state index contributed by atoms with van der Waals surface area (Å²) in [7, 11) is 2.91. The molecular formula is C19H19F3N2O4. The first-order chi connectivity index (χ1) is 13.3. The quantitative estimate of drug-likeness (QED) is 0.728. The third-order valence-corrected chi connectivity index (χ3v) is 3.93. The largest absolute Gasteiger partial charge is 0.497 e. The number of rotatable bonds is 7. The maximum Gasteiger partial charge on any atom is 0.226 e. The summed E-state index contributed by atoms with van der Waals surface area (Å²) < 4.78 is 50.8. The normalized spacial score (nSPS) is 10.4. The Morgan fingerprint density at radius 1 is 1.04 bits per heavy atom. The van der Waals surface area contributed by atoms with E-state index in [1.54, 1.807) is 18.2 Å². The fourth-order valence-electron chi connectivity index (χ4n) is 2.50. The van der Waals surface area contributed by atoms with Crippen LogP contribution in [0.5, 0.6) is 11.5 Å². The van der Waals surface area contributed by atoms with Crippen molar-refractivity contribution in [2.24, 2.45) is 0 Å². The summed E-state index contributed by atoms with van der Waals surface area (Å²) in [6.07, 6.45) is -0.215. The van der Waals surface area contributed by atoms with E-state index in [0.717, 1.165) is 17.9 Å². The Labute approximate surface area is 159 Å². The van der Waals surface area contributed by atoms with Crippen LogP contribution in [0.1, 0.15) is 13.3 Å². The minimum atomic E-state index is -1.68. The number of hydrogen-bond acceptors (Lipinski definition) is 4. The van der Waals surface area contributed by atoms with Crippen LogP contribution in [0, 0.1) is 17.5 Å². The molecule has 0 atom stereocenters. The van der Waals surface area contributed by atoms with E-state index in [2.05, 4.69) is 5.32 Å². The van der Waals surface area contributed by atoms with Crippen LogP contribution in [0.3, 0.4) is 0 Å². The topological polar surface area (TPSA) is 67.9 Å². The van der Waals surface area contributed by atoms with Gasteiger partial charge in [-0.05, 0) is 24.3 Å². The van der Waals surface area contributed by atoms with Crippen LogP contribution < -0.4 is 19.7 Å². The predicted octanol–water partition coefficient (Wildman–Crippen LogP) is 3.50. The van der Waals surface area contributed by atoms with Crippen LogP contribution >= 0.6 is 0 Å². The molecule has 2 amide bonds. The summed E-state index contributed by atoms with van der Waals surface area (Å²) in [6, 6.07) is 6.43. The summed E-state index contributed by atoms with van der Waals surface area (Å²) in [5, 5.41) is 2.61. The summed E-state index contributed by atoms with van der Waals surface area (Å²) in [5.74, 6) is -4.76. The van der Waals surface area contributed by atoms with Crippen molar-refractivity contribution < 1.29 is 32.2 Å². The highest BCUT2D eigenvalue weighted by molar-refractivity contribution is 5.95. The SMILES string of the molecule is COc1ccc(NC(=O)CCN(C(C)=O)c2ccc(F)c(F)c2F)c(OC)c1. The van der Waals surface area contributed by atoms with Crippen LogP contribution in [0.4, 0.5) is 24.5 Å². The number of halogens is 3. The molecule has 28 heavy (non-hydrogen) atoms. The van der Waals surface area contributed by atoms with Gasteiger partial charge >= 0.3 is 0 Å². The lowest BCUT2D eigenvalue weighted by molar-refractivity contribution is -0.117. The second-order valence-electron chi connectivity index (χ2n) is 5.73. The number of methoxy groups -OCH3 is 2. The zero-order chi connectivity index (χ0) is 20.8. The fourth-order valence-corrected chi connectivity index (χ4v) is 2.50. The molecule has 2 aromatic carbocycles. The lowest BCUT2D eigenvalue weighted by atomic mass is 10.2. The van der Waals surface area contributed by atoms with Gasteiger partial charge in [0.15, 0.2) is 17.5 Å². The number of ether oxygens (including phenoxy) is 2. The Bertz CT molecular complexity index is 890. The summed E-state index contributed by atoms with van der Waals surface area (Å²) >= 11 is 0. The van der Waals surface area contributed by atoms with Crippen molar-refractivity contribution in [1.29, 1.82) is 0 Å². The van der Waals surface area contributed by atoms with Crippen LogP contribution in [-0.4, -0.2) is 32.6 Å². The van der Waals surface area contributed by atoms with E-state index in [-0.39, 0.29) is 13.0 Å². The molecule has 0 aliphatic heterocycles. The van der Waals surface area contributed by atoms with E-state index in [1.807, 2.05) is 0 Å². The van der Waals surface area contributed by atoms with E-state index in [4.69, 9.17) is 9.47 Å². The molecule has 2 aromatic rings. The third kappa shape index (κ3) is 4.73. The number of benzene rings is 2. The van der Waals surface area contributed by atoms with Crippen molar-refractivity contribution in [3.05, 3.63) is 47.8 Å². The molecule has 0 bridgehead atoms. The van der Waals surface area contributed by atoms with Crippen molar-refractivity contribution >= 4 is 23.2 Å². The van der Waals surface area contributed by atoms with Gasteiger partial charge in [-0.3, -0.25) is 9.59 Å². The number of carbonyl (C=O) groups excluding carboxylic acids is 2. The number of nitrogens with zero attached hydrogens (tertiary/aromatic N) is 1. The van der Waals surface area contributed by atoms with E-state index in [1.165, 1.54) is 14.2 Å². The Morgan fingerprint density at radius 2 is 1.75 bits per heavy atom. The molecule has 0 heterocycles. The van der Waals surface area contributed by atoms with Crippen molar-refractivity contribution in [2.45, 2.75) is 13.3 Å². The van der Waals surface area contributed by atoms with Gasteiger partial charge in [0.05, 0.1) is 25.6 Å². The smallest absolute Gasteiger partial charge is 0.226 e. The predicted molar refractivity (Wildman–Crippen MR) is 97.1 cm³/mol. The van der Waals surface area contributed by atoms with Crippen molar-refractivity contribution in [2.75, 3.05) is 31.0 Å². The van der Waals surface area contributed by atoms with Crippen LogP contribution in [0.15, 0.2) is 30.3 Å². The number of anilines is 2. The number of hydrogen-bond donors (Lipinski definition) is 1. The van der Waals surface area contributed by atoms with Gasteiger partial charge in [0.2, 0.25) is 11.8 Å². The average Bonchev–Trinajstić information content (AvgIpc) is 2.67. The van der Waals surface area contributed by atoms with Crippen molar-refractivity contribution in [1.82, 2.24) is 0 Å². The third-order valence-electron chi connectivity index (χ3n) is 3.93. The maximum absolute atomic E-state index is 14.0. The first kappa shape index (κ1) is 21.1. The van der Waals surface area contributed by atoms with E-state index >= 15 is 0 Å². The highest BCUT2D eigenvalue weighted by atomic mass is 19.2. The number of amides is 2. The summed E-state index contributed by atoms with van der Waals surface area (Å²) in [6.45, 7) is 0.896. The molecule has 0 saturated heterocycles. The molecule has 0 aliphatic rings. The summed E-state index contributed by atoms with van der Waals surface area (Å²) in [5.41, 5.74) is -0.0667. The van der Waals surface area contributed by atoms with Crippen LogP contribution in [0.25, 0.3) is 0 Å². The first-order valence-corrected chi connectivity index (χ1v) is 8.22. The monoisotopic (exact) mass is 396 g/mol. The van der Waals surface area contributed by atoms with Gasteiger partial charge in [0, 0.05) is 26.0 Å². The number of carbonyl (C=O) groups is 2. The molecule has 0 radical (unpaired) electrons.